The van der Waals surface area contributed by atoms with Gasteiger partial charge in [0.1, 0.15) is 11.8 Å². The molecule has 2 heterocycles. The van der Waals surface area contributed by atoms with Crippen LogP contribution in [0.5, 0.6) is 0 Å². The average Bonchev–Trinajstić information content (AvgIpc) is 3.23. The Labute approximate surface area is 183 Å². The van der Waals surface area contributed by atoms with Gasteiger partial charge in [-0.3, -0.25) is 4.98 Å². The zero-order chi connectivity index (χ0) is 23.8. The predicted octanol–water partition coefficient (Wildman–Crippen LogP) is 6.36. The van der Waals surface area contributed by atoms with Crippen molar-refractivity contribution in [2.24, 2.45) is 5.92 Å². The lowest BCUT2D eigenvalue weighted by Crippen LogP contribution is -2.22. The summed E-state index contributed by atoms with van der Waals surface area (Å²) < 4.78 is 84.9. The zero-order valence-corrected chi connectivity index (χ0v) is 16.7. The second kappa shape index (κ2) is 8.51. The molecule has 0 spiro atoms. The number of rotatable bonds is 4. The summed E-state index contributed by atoms with van der Waals surface area (Å²) in [4.78, 5) is 3.92. The summed E-state index contributed by atoms with van der Waals surface area (Å²) in [6.07, 6.45) is -4.62. The van der Waals surface area contributed by atoms with Crippen molar-refractivity contribution < 1.29 is 36.0 Å². The number of nitrogens with zero attached hydrogens (tertiary/aromatic N) is 2. The maximum Gasteiger partial charge on any atom is 0.416 e. The fourth-order valence-corrected chi connectivity index (χ4v) is 3.61. The Morgan fingerprint density at radius 3 is 2.52 bits per heavy atom. The summed E-state index contributed by atoms with van der Waals surface area (Å²) in [5.41, 5.74) is -0.699. The van der Waals surface area contributed by atoms with Crippen LogP contribution in [0.2, 0.25) is 0 Å². The molecule has 0 radical (unpaired) electrons. The molecule has 0 fully saturated rings. The van der Waals surface area contributed by atoms with Crippen LogP contribution in [0.25, 0.3) is 16.8 Å². The van der Waals surface area contributed by atoms with Gasteiger partial charge in [0.05, 0.1) is 17.0 Å². The first-order valence-electron chi connectivity index (χ1n) is 9.75. The smallest absolute Gasteiger partial charge is 0.383 e. The van der Waals surface area contributed by atoms with Gasteiger partial charge in [-0.15, -0.1) is 0 Å². The molecule has 0 saturated heterocycles. The molecule has 0 aliphatic heterocycles. The third kappa shape index (κ3) is 4.70. The van der Waals surface area contributed by atoms with Crippen molar-refractivity contribution in [2.45, 2.75) is 24.9 Å². The highest BCUT2D eigenvalue weighted by atomic mass is 19.4. The third-order valence-electron chi connectivity index (χ3n) is 5.26. The molecule has 10 heteroatoms. The lowest BCUT2D eigenvalue weighted by Gasteiger charge is -2.21. The van der Waals surface area contributed by atoms with E-state index in [1.807, 2.05) is 0 Å². The van der Waals surface area contributed by atoms with Crippen molar-refractivity contribution in [2.75, 3.05) is 0 Å². The standard InChI is InChI=1S/C23H16F6N2O2/c24-22(25,26)16-7-1-4-13(10-16)19-18(20(32)15-6-3-9-30-12-15)21(33-31-19)14-5-2-8-17(11-14)23(27,28)29/h1-10,12,17,20,32H,11H2. The van der Waals surface area contributed by atoms with E-state index >= 15 is 0 Å². The minimum atomic E-state index is -4.62. The van der Waals surface area contributed by atoms with Crippen LogP contribution in [0.4, 0.5) is 26.3 Å². The van der Waals surface area contributed by atoms with Crippen LogP contribution in [0.1, 0.15) is 35.0 Å². The number of benzene rings is 1. The highest BCUT2D eigenvalue weighted by molar-refractivity contribution is 5.75. The number of halogens is 6. The normalized spacial score (nSPS) is 17.7. The van der Waals surface area contributed by atoms with Gasteiger partial charge in [-0.05, 0) is 30.2 Å². The van der Waals surface area contributed by atoms with Gasteiger partial charge in [-0.25, -0.2) is 0 Å². The Kier molecular flexibility index (Phi) is 5.87. The van der Waals surface area contributed by atoms with Gasteiger partial charge >= 0.3 is 12.4 Å². The van der Waals surface area contributed by atoms with E-state index in [0.29, 0.717) is 0 Å². The molecule has 4 rings (SSSR count). The van der Waals surface area contributed by atoms with Crippen LogP contribution >= 0.6 is 0 Å². The van der Waals surface area contributed by atoms with E-state index in [4.69, 9.17) is 4.52 Å². The first kappa shape index (κ1) is 22.8. The molecule has 172 valence electrons. The number of alkyl halides is 6. The van der Waals surface area contributed by atoms with Crippen LogP contribution in [0.3, 0.4) is 0 Å². The van der Waals surface area contributed by atoms with Gasteiger partial charge in [-0.1, -0.05) is 41.6 Å². The van der Waals surface area contributed by atoms with Crippen LogP contribution in [-0.4, -0.2) is 21.4 Å². The highest BCUT2D eigenvalue weighted by Crippen LogP contribution is 2.43. The largest absolute Gasteiger partial charge is 0.416 e. The number of aliphatic hydroxyl groups is 1. The molecule has 0 saturated carbocycles. The van der Waals surface area contributed by atoms with Gasteiger partial charge in [0.25, 0.3) is 0 Å². The van der Waals surface area contributed by atoms with Crippen molar-refractivity contribution in [1.29, 1.82) is 0 Å². The minimum Gasteiger partial charge on any atom is -0.383 e. The van der Waals surface area contributed by atoms with Crippen molar-refractivity contribution >= 4 is 5.57 Å². The number of hydrogen-bond donors (Lipinski definition) is 1. The summed E-state index contributed by atoms with van der Waals surface area (Å²) in [6.45, 7) is 0. The first-order chi connectivity index (χ1) is 15.6. The third-order valence-corrected chi connectivity index (χ3v) is 5.26. The van der Waals surface area contributed by atoms with Gasteiger partial charge in [0.15, 0.2) is 5.76 Å². The Morgan fingerprint density at radius 1 is 1.06 bits per heavy atom. The molecule has 1 aliphatic carbocycles. The van der Waals surface area contributed by atoms with Crippen LogP contribution in [0.15, 0.2) is 71.5 Å². The second-order valence-electron chi connectivity index (χ2n) is 7.47. The molecule has 1 aromatic carbocycles. The molecule has 33 heavy (non-hydrogen) atoms. The van der Waals surface area contributed by atoms with E-state index in [9.17, 15) is 31.4 Å². The molecule has 1 N–H and O–H groups in total. The average molecular weight is 466 g/mol. The van der Waals surface area contributed by atoms with Gasteiger partial charge in [-0.2, -0.15) is 26.3 Å². The summed E-state index contributed by atoms with van der Waals surface area (Å²) in [5.74, 6) is -1.90. The van der Waals surface area contributed by atoms with E-state index in [-0.39, 0.29) is 33.7 Å². The quantitative estimate of drug-likeness (QED) is 0.455. The van der Waals surface area contributed by atoms with E-state index < -0.39 is 36.4 Å². The Balaban J connectivity index is 1.85. The SMILES string of the molecule is OC(c1cccnc1)c1c(-c2cccc(C(F)(F)F)c2)noc1C1=CC=CC(C(F)(F)F)C1. The molecule has 4 nitrogen and oxygen atoms in total. The second-order valence-corrected chi connectivity index (χ2v) is 7.47. The molecule has 2 atom stereocenters. The van der Waals surface area contributed by atoms with Crippen molar-refractivity contribution in [3.8, 4) is 11.3 Å². The minimum absolute atomic E-state index is 0.00270. The molecule has 0 bridgehead atoms. The number of hydrogen-bond acceptors (Lipinski definition) is 4. The lowest BCUT2D eigenvalue weighted by atomic mass is 9.88. The van der Waals surface area contributed by atoms with Gasteiger partial charge < -0.3 is 9.63 Å². The molecular weight excluding hydrogens is 450 g/mol. The summed E-state index contributed by atoms with van der Waals surface area (Å²) >= 11 is 0. The topological polar surface area (TPSA) is 59.2 Å². The maximum atomic E-state index is 13.3. The zero-order valence-electron chi connectivity index (χ0n) is 16.7. The monoisotopic (exact) mass is 466 g/mol. The molecule has 2 aromatic heterocycles. The fourth-order valence-electron chi connectivity index (χ4n) is 3.61. The first-order valence-corrected chi connectivity index (χ1v) is 9.75. The number of aromatic nitrogens is 2. The van der Waals surface area contributed by atoms with Crippen molar-refractivity contribution in [3.05, 3.63) is 89.5 Å². The van der Waals surface area contributed by atoms with E-state index in [1.165, 1.54) is 48.8 Å². The molecular formula is C23H16F6N2O2. The van der Waals surface area contributed by atoms with Crippen LogP contribution in [0, 0.1) is 5.92 Å². The maximum absolute atomic E-state index is 13.3. The van der Waals surface area contributed by atoms with E-state index in [2.05, 4.69) is 10.1 Å². The number of aliphatic hydroxyl groups excluding tert-OH is 1. The van der Waals surface area contributed by atoms with E-state index in [0.717, 1.165) is 18.2 Å². The highest BCUT2D eigenvalue weighted by Gasteiger charge is 2.40. The fraction of sp³-hybridized carbons (Fsp3) is 0.217. The summed E-state index contributed by atoms with van der Waals surface area (Å²) in [7, 11) is 0. The van der Waals surface area contributed by atoms with Crippen molar-refractivity contribution in [3.63, 3.8) is 0 Å². The summed E-state index contributed by atoms with van der Waals surface area (Å²) in [6, 6.07) is 7.31. The van der Waals surface area contributed by atoms with E-state index in [1.54, 1.807) is 0 Å². The van der Waals surface area contributed by atoms with Crippen LogP contribution in [-0.2, 0) is 6.18 Å². The lowest BCUT2D eigenvalue weighted by molar-refractivity contribution is -0.159. The Hall–Kier alpha value is -3.40. The predicted molar refractivity (Wildman–Crippen MR) is 107 cm³/mol. The number of pyridine rings is 1. The van der Waals surface area contributed by atoms with Gasteiger partial charge in [0, 0.05) is 23.5 Å². The summed E-state index contributed by atoms with van der Waals surface area (Å²) in [5, 5.41) is 14.9. The molecule has 0 amide bonds. The molecule has 2 unspecified atom stereocenters. The van der Waals surface area contributed by atoms with Crippen LogP contribution < -0.4 is 0 Å². The number of allylic oxidation sites excluding steroid dienone is 4. The Morgan fingerprint density at radius 2 is 1.85 bits per heavy atom. The Bertz CT molecular complexity index is 1200. The van der Waals surface area contributed by atoms with Crippen molar-refractivity contribution in [1.82, 2.24) is 10.1 Å². The molecule has 3 aromatic rings. The van der Waals surface area contributed by atoms with Gasteiger partial charge in [0.2, 0.25) is 0 Å². The molecule has 1 aliphatic rings.